The summed E-state index contributed by atoms with van der Waals surface area (Å²) in [6.45, 7) is 4.51. The summed E-state index contributed by atoms with van der Waals surface area (Å²) >= 11 is 0. The molecule has 0 saturated heterocycles. The first kappa shape index (κ1) is 19.8. The van der Waals surface area contributed by atoms with Crippen molar-refractivity contribution >= 4 is 24.0 Å². The molecule has 2 aromatic carbocycles. The SMILES string of the molecule is CC(C)Oc1ccc(CNC(=O)CCc2ccccc2N)cc1.Cl. The number of nitrogen functional groups attached to an aromatic ring is 1. The second-order valence-corrected chi connectivity index (χ2v) is 5.79. The Balaban J connectivity index is 0.00000288. The summed E-state index contributed by atoms with van der Waals surface area (Å²) in [6, 6.07) is 15.4. The number of amides is 1. The first-order valence-corrected chi connectivity index (χ1v) is 7.90. The molecule has 0 aliphatic heterocycles. The highest BCUT2D eigenvalue weighted by Gasteiger charge is 2.05. The Hall–Kier alpha value is -2.20. The number of carbonyl (C=O) groups excluding carboxylic acids is 1. The minimum atomic E-state index is 0. The van der Waals surface area contributed by atoms with Crippen LogP contribution in [0.2, 0.25) is 0 Å². The highest BCUT2D eigenvalue weighted by Crippen LogP contribution is 2.14. The number of nitrogens with two attached hydrogens (primary N) is 1. The van der Waals surface area contributed by atoms with Crippen LogP contribution in [0.15, 0.2) is 48.5 Å². The van der Waals surface area contributed by atoms with Gasteiger partial charge in [0.05, 0.1) is 6.10 Å². The summed E-state index contributed by atoms with van der Waals surface area (Å²) in [5.74, 6) is 0.866. The lowest BCUT2D eigenvalue weighted by molar-refractivity contribution is -0.121. The molecule has 2 rings (SSSR count). The highest BCUT2D eigenvalue weighted by molar-refractivity contribution is 5.85. The van der Waals surface area contributed by atoms with Gasteiger partial charge in [-0.1, -0.05) is 30.3 Å². The zero-order valence-corrected chi connectivity index (χ0v) is 14.9. The molecule has 0 radical (unpaired) electrons. The van der Waals surface area contributed by atoms with Gasteiger partial charge in [-0.3, -0.25) is 4.79 Å². The van der Waals surface area contributed by atoms with E-state index in [1.165, 1.54) is 0 Å². The van der Waals surface area contributed by atoms with Gasteiger partial charge in [0.15, 0.2) is 0 Å². The average molecular weight is 349 g/mol. The van der Waals surface area contributed by atoms with E-state index < -0.39 is 0 Å². The Morgan fingerprint density at radius 2 is 1.79 bits per heavy atom. The summed E-state index contributed by atoms with van der Waals surface area (Å²) in [5, 5.41) is 2.93. The van der Waals surface area contributed by atoms with Crippen LogP contribution in [0.25, 0.3) is 0 Å². The Bertz CT molecular complexity index is 642. The van der Waals surface area contributed by atoms with Crippen molar-refractivity contribution in [2.24, 2.45) is 0 Å². The van der Waals surface area contributed by atoms with Crippen molar-refractivity contribution in [3.8, 4) is 5.75 Å². The van der Waals surface area contributed by atoms with Crippen LogP contribution in [0.5, 0.6) is 5.75 Å². The van der Waals surface area contributed by atoms with Crippen molar-refractivity contribution in [3.05, 3.63) is 59.7 Å². The lowest BCUT2D eigenvalue weighted by Crippen LogP contribution is -2.23. The van der Waals surface area contributed by atoms with Crippen LogP contribution in [0, 0.1) is 0 Å². The second kappa shape index (κ2) is 9.83. The van der Waals surface area contributed by atoms with Gasteiger partial charge in [0.1, 0.15) is 5.75 Å². The number of rotatable bonds is 7. The van der Waals surface area contributed by atoms with Gasteiger partial charge in [-0.2, -0.15) is 0 Å². The molecular formula is C19H25ClN2O2. The predicted molar refractivity (Wildman–Crippen MR) is 100 cm³/mol. The lowest BCUT2D eigenvalue weighted by Gasteiger charge is -2.10. The van der Waals surface area contributed by atoms with Gasteiger partial charge in [0.25, 0.3) is 0 Å². The van der Waals surface area contributed by atoms with E-state index in [2.05, 4.69) is 5.32 Å². The van der Waals surface area contributed by atoms with Crippen molar-refractivity contribution in [3.63, 3.8) is 0 Å². The van der Waals surface area contributed by atoms with Crippen molar-refractivity contribution < 1.29 is 9.53 Å². The summed E-state index contributed by atoms with van der Waals surface area (Å²) in [7, 11) is 0. The fraction of sp³-hybridized carbons (Fsp3) is 0.316. The third-order valence-electron chi connectivity index (χ3n) is 3.46. The molecule has 130 valence electrons. The Morgan fingerprint density at radius 3 is 2.42 bits per heavy atom. The van der Waals surface area contributed by atoms with E-state index in [-0.39, 0.29) is 24.4 Å². The smallest absolute Gasteiger partial charge is 0.220 e. The zero-order chi connectivity index (χ0) is 16.7. The molecule has 1 amide bonds. The number of hydrogen-bond acceptors (Lipinski definition) is 3. The van der Waals surface area contributed by atoms with Crippen molar-refractivity contribution in [1.29, 1.82) is 0 Å². The summed E-state index contributed by atoms with van der Waals surface area (Å²) in [4.78, 5) is 11.9. The topological polar surface area (TPSA) is 64.3 Å². The quantitative estimate of drug-likeness (QED) is 0.749. The second-order valence-electron chi connectivity index (χ2n) is 5.79. The van der Waals surface area contributed by atoms with Gasteiger partial charge in [0.2, 0.25) is 5.91 Å². The van der Waals surface area contributed by atoms with Crippen LogP contribution in [-0.4, -0.2) is 12.0 Å². The first-order valence-electron chi connectivity index (χ1n) is 7.90. The standard InChI is InChI=1S/C19H24N2O2.ClH/c1-14(2)23-17-10-7-15(8-11-17)13-21-19(22)12-9-16-5-3-4-6-18(16)20;/h3-8,10-11,14H,9,12-13,20H2,1-2H3,(H,21,22);1H. The number of anilines is 1. The van der Waals surface area contributed by atoms with Crippen molar-refractivity contribution in [2.75, 3.05) is 5.73 Å². The average Bonchev–Trinajstić information content (AvgIpc) is 2.53. The maximum Gasteiger partial charge on any atom is 0.220 e. The Morgan fingerprint density at radius 1 is 1.12 bits per heavy atom. The van der Waals surface area contributed by atoms with Crippen LogP contribution in [-0.2, 0) is 17.8 Å². The molecule has 0 aliphatic carbocycles. The van der Waals surface area contributed by atoms with Crippen molar-refractivity contribution in [1.82, 2.24) is 5.32 Å². The number of aryl methyl sites for hydroxylation is 1. The molecule has 5 heteroatoms. The maximum absolute atomic E-state index is 11.9. The third-order valence-corrected chi connectivity index (χ3v) is 3.46. The van der Waals surface area contributed by atoms with Crippen LogP contribution in [0.4, 0.5) is 5.69 Å². The largest absolute Gasteiger partial charge is 0.491 e. The molecule has 0 aliphatic rings. The molecule has 0 bridgehead atoms. The van der Waals surface area contributed by atoms with E-state index in [9.17, 15) is 4.79 Å². The molecule has 0 atom stereocenters. The molecule has 0 saturated carbocycles. The highest BCUT2D eigenvalue weighted by atomic mass is 35.5. The van der Waals surface area contributed by atoms with E-state index in [1.807, 2.05) is 62.4 Å². The molecule has 2 aromatic rings. The molecule has 4 nitrogen and oxygen atoms in total. The van der Waals surface area contributed by atoms with Gasteiger partial charge in [0, 0.05) is 18.7 Å². The fourth-order valence-corrected chi connectivity index (χ4v) is 2.26. The first-order chi connectivity index (χ1) is 11.0. The molecule has 0 unspecified atom stereocenters. The Kier molecular flexibility index (Phi) is 8.13. The number of nitrogens with one attached hydrogen (secondary N) is 1. The summed E-state index contributed by atoms with van der Waals surface area (Å²) in [6.07, 6.45) is 1.24. The monoisotopic (exact) mass is 348 g/mol. The van der Waals surface area contributed by atoms with Gasteiger partial charge in [-0.25, -0.2) is 0 Å². The molecule has 0 fully saturated rings. The van der Waals surface area contributed by atoms with Gasteiger partial charge < -0.3 is 15.8 Å². The van der Waals surface area contributed by atoms with Crippen LogP contribution < -0.4 is 15.8 Å². The maximum atomic E-state index is 11.9. The summed E-state index contributed by atoms with van der Waals surface area (Å²) in [5.41, 5.74) is 8.68. The van der Waals surface area contributed by atoms with Gasteiger partial charge >= 0.3 is 0 Å². The predicted octanol–water partition coefficient (Wildman–Crippen LogP) is 3.73. The number of para-hydroxylation sites is 1. The van der Waals surface area contributed by atoms with Crippen LogP contribution >= 0.6 is 12.4 Å². The number of halogens is 1. The van der Waals surface area contributed by atoms with Crippen LogP contribution in [0.3, 0.4) is 0 Å². The van der Waals surface area contributed by atoms with E-state index >= 15 is 0 Å². The zero-order valence-electron chi connectivity index (χ0n) is 14.1. The molecule has 24 heavy (non-hydrogen) atoms. The Labute approximate surface area is 149 Å². The van der Waals surface area contributed by atoms with E-state index in [0.29, 0.717) is 19.4 Å². The normalized spacial score (nSPS) is 10.1. The van der Waals surface area contributed by atoms with Gasteiger partial charge in [-0.15, -0.1) is 12.4 Å². The summed E-state index contributed by atoms with van der Waals surface area (Å²) < 4.78 is 5.59. The third kappa shape index (κ3) is 6.50. The lowest BCUT2D eigenvalue weighted by atomic mass is 10.1. The van der Waals surface area contributed by atoms with Crippen LogP contribution in [0.1, 0.15) is 31.4 Å². The van der Waals surface area contributed by atoms with E-state index in [4.69, 9.17) is 10.5 Å². The molecular weight excluding hydrogens is 324 g/mol. The van der Waals surface area contributed by atoms with E-state index in [1.54, 1.807) is 0 Å². The van der Waals surface area contributed by atoms with Gasteiger partial charge in [-0.05, 0) is 49.6 Å². The molecule has 0 aromatic heterocycles. The minimum Gasteiger partial charge on any atom is -0.491 e. The molecule has 3 N–H and O–H groups in total. The number of benzene rings is 2. The number of carbonyl (C=O) groups is 1. The number of ether oxygens (including phenoxy) is 1. The fourth-order valence-electron chi connectivity index (χ4n) is 2.26. The molecule has 0 spiro atoms. The van der Waals surface area contributed by atoms with E-state index in [0.717, 1.165) is 22.6 Å². The number of hydrogen-bond donors (Lipinski definition) is 2. The van der Waals surface area contributed by atoms with Crippen molar-refractivity contribution in [2.45, 2.75) is 39.3 Å². The molecule has 0 heterocycles. The minimum absolute atomic E-state index is 0.